The maximum absolute atomic E-state index is 5.44. The van der Waals surface area contributed by atoms with Crippen molar-refractivity contribution in [2.45, 2.75) is 0 Å². The molecule has 0 radical (unpaired) electrons. The molecule has 1 aliphatic rings. The summed E-state index contributed by atoms with van der Waals surface area (Å²) >= 11 is 0. The van der Waals surface area contributed by atoms with Crippen molar-refractivity contribution < 1.29 is 4.74 Å². The lowest BCUT2D eigenvalue weighted by Crippen LogP contribution is -2.37. The van der Waals surface area contributed by atoms with E-state index >= 15 is 0 Å². The Hall–Kier alpha value is -2.80. The average molecular weight is 308 g/mol. The van der Waals surface area contributed by atoms with Crippen LogP contribution < -0.4 is 10.2 Å². The first kappa shape index (κ1) is 13.8. The van der Waals surface area contributed by atoms with Gasteiger partial charge in [-0.3, -0.25) is 9.97 Å². The fourth-order valence-corrected chi connectivity index (χ4v) is 2.60. The van der Waals surface area contributed by atoms with Gasteiger partial charge in [0.2, 0.25) is 5.95 Å². The van der Waals surface area contributed by atoms with Crippen LogP contribution in [0.5, 0.6) is 0 Å². The number of fused-ring (bicyclic) bond motifs is 1. The molecule has 0 amide bonds. The third-order valence-corrected chi connectivity index (χ3v) is 3.71. The summed E-state index contributed by atoms with van der Waals surface area (Å²) in [5.74, 6) is 1.45. The zero-order chi connectivity index (χ0) is 15.5. The topological polar surface area (TPSA) is 76.1 Å². The van der Waals surface area contributed by atoms with Crippen molar-refractivity contribution >= 4 is 28.4 Å². The normalized spacial score (nSPS) is 14.9. The Kier molecular flexibility index (Phi) is 3.69. The van der Waals surface area contributed by atoms with E-state index in [9.17, 15) is 0 Å². The van der Waals surface area contributed by atoms with Gasteiger partial charge in [0.25, 0.3) is 0 Å². The minimum absolute atomic E-state index is 0.542. The number of nitrogens with one attached hydrogen (secondary N) is 1. The summed E-state index contributed by atoms with van der Waals surface area (Å²) in [5.41, 5.74) is 1.67. The standard InChI is InChI=1S/C16H16N6O/c1-2-12(10-17-4-1)19-16-20-14-11-18-5-3-13(14)15(21-16)22-6-8-23-9-7-22/h1-5,10-11H,6-9H2,(H,19,20,21). The van der Waals surface area contributed by atoms with Crippen LogP contribution in [0.15, 0.2) is 43.0 Å². The van der Waals surface area contributed by atoms with Gasteiger partial charge in [0.05, 0.1) is 36.8 Å². The van der Waals surface area contributed by atoms with Gasteiger partial charge in [0.15, 0.2) is 0 Å². The lowest BCUT2D eigenvalue weighted by molar-refractivity contribution is 0.122. The molecule has 0 aliphatic carbocycles. The van der Waals surface area contributed by atoms with Crippen molar-refractivity contribution in [1.29, 1.82) is 0 Å². The van der Waals surface area contributed by atoms with Crippen molar-refractivity contribution in [1.82, 2.24) is 19.9 Å². The zero-order valence-corrected chi connectivity index (χ0v) is 12.5. The maximum Gasteiger partial charge on any atom is 0.229 e. The molecule has 4 heterocycles. The Morgan fingerprint density at radius 2 is 1.87 bits per heavy atom. The van der Waals surface area contributed by atoms with Crippen molar-refractivity contribution in [2.24, 2.45) is 0 Å². The molecular weight excluding hydrogens is 292 g/mol. The van der Waals surface area contributed by atoms with Gasteiger partial charge in [-0.15, -0.1) is 0 Å². The Morgan fingerprint density at radius 1 is 1.00 bits per heavy atom. The van der Waals surface area contributed by atoms with E-state index < -0.39 is 0 Å². The number of morpholine rings is 1. The van der Waals surface area contributed by atoms with Crippen LogP contribution >= 0.6 is 0 Å². The molecule has 0 saturated carbocycles. The molecule has 23 heavy (non-hydrogen) atoms. The second kappa shape index (κ2) is 6.13. The highest BCUT2D eigenvalue weighted by Gasteiger charge is 2.17. The molecule has 1 saturated heterocycles. The first-order valence-corrected chi connectivity index (χ1v) is 7.52. The summed E-state index contributed by atoms with van der Waals surface area (Å²) in [4.78, 5) is 19.8. The summed E-state index contributed by atoms with van der Waals surface area (Å²) in [7, 11) is 0. The van der Waals surface area contributed by atoms with E-state index in [-0.39, 0.29) is 0 Å². The van der Waals surface area contributed by atoms with Gasteiger partial charge in [-0.1, -0.05) is 0 Å². The van der Waals surface area contributed by atoms with Gasteiger partial charge >= 0.3 is 0 Å². The number of hydrogen-bond acceptors (Lipinski definition) is 7. The first-order valence-electron chi connectivity index (χ1n) is 7.52. The van der Waals surface area contributed by atoms with Crippen LogP contribution in [0, 0.1) is 0 Å². The highest BCUT2D eigenvalue weighted by atomic mass is 16.5. The van der Waals surface area contributed by atoms with Crippen LogP contribution in [0.25, 0.3) is 10.9 Å². The van der Waals surface area contributed by atoms with E-state index in [0.29, 0.717) is 19.2 Å². The molecule has 0 atom stereocenters. The molecule has 4 rings (SSSR count). The Balaban J connectivity index is 1.76. The van der Waals surface area contributed by atoms with Gasteiger partial charge in [-0.05, 0) is 18.2 Å². The molecule has 3 aromatic rings. The molecule has 0 bridgehead atoms. The third-order valence-electron chi connectivity index (χ3n) is 3.71. The number of aromatic nitrogens is 4. The molecule has 116 valence electrons. The lowest BCUT2D eigenvalue weighted by Gasteiger charge is -2.28. The minimum Gasteiger partial charge on any atom is -0.378 e. The summed E-state index contributed by atoms with van der Waals surface area (Å²) in [6.07, 6.45) is 7.00. The van der Waals surface area contributed by atoms with Crippen LogP contribution in [0.2, 0.25) is 0 Å². The second-order valence-electron chi connectivity index (χ2n) is 5.23. The minimum atomic E-state index is 0.542. The molecule has 1 aliphatic heterocycles. The SMILES string of the molecule is c1cncc(Nc2nc(N3CCOCC3)c3ccncc3n2)c1. The van der Waals surface area contributed by atoms with E-state index in [1.807, 2.05) is 18.2 Å². The van der Waals surface area contributed by atoms with Crippen molar-refractivity contribution in [3.63, 3.8) is 0 Å². The van der Waals surface area contributed by atoms with Gasteiger partial charge in [0, 0.05) is 30.9 Å². The number of rotatable bonds is 3. The number of nitrogens with zero attached hydrogens (tertiary/aromatic N) is 5. The van der Waals surface area contributed by atoms with Gasteiger partial charge in [0.1, 0.15) is 5.82 Å². The lowest BCUT2D eigenvalue weighted by atomic mass is 10.2. The molecule has 7 nitrogen and oxygen atoms in total. The molecule has 0 aromatic carbocycles. The Labute approximate surface area is 133 Å². The molecule has 1 N–H and O–H groups in total. The highest BCUT2D eigenvalue weighted by molar-refractivity contribution is 5.90. The van der Waals surface area contributed by atoms with E-state index in [2.05, 4.69) is 25.2 Å². The van der Waals surface area contributed by atoms with E-state index in [1.165, 1.54) is 0 Å². The predicted molar refractivity (Wildman–Crippen MR) is 87.9 cm³/mol. The van der Waals surface area contributed by atoms with Crippen molar-refractivity contribution in [3.05, 3.63) is 43.0 Å². The number of pyridine rings is 2. The predicted octanol–water partition coefficient (Wildman–Crippen LogP) is 2.00. The second-order valence-corrected chi connectivity index (χ2v) is 5.23. The molecule has 0 unspecified atom stereocenters. The van der Waals surface area contributed by atoms with E-state index in [1.54, 1.807) is 24.8 Å². The molecule has 3 aromatic heterocycles. The van der Waals surface area contributed by atoms with Crippen LogP contribution in [-0.4, -0.2) is 46.2 Å². The van der Waals surface area contributed by atoms with Gasteiger partial charge in [-0.2, -0.15) is 4.98 Å². The molecular formula is C16H16N6O. The Morgan fingerprint density at radius 3 is 2.70 bits per heavy atom. The third kappa shape index (κ3) is 2.91. The van der Waals surface area contributed by atoms with Crippen LogP contribution in [0.1, 0.15) is 0 Å². The van der Waals surface area contributed by atoms with Crippen LogP contribution in [-0.2, 0) is 4.74 Å². The smallest absolute Gasteiger partial charge is 0.229 e. The summed E-state index contributed by atoms with van der Waals surface area (Å²) in [5, 5.41) is 4.20. The number of ether oxygens (including phenoxy) is 1. The van der Waals surface area contributed by atoms with E-state index in [4.69, 9.17) is 9.72 Å². The average Bonchev–Trinajstić information content (AvgIpc) is 2.63. The van der Waals surface area contributed by atoms with Crippen molar-refractivity contribution in [2.75, 3.05) is 36.5 Å². The zero-order valence-electron chi connectivity index (χ0n) is 12.5. The summed E-state index contributed by atoms with van der Waals surface area (Å²) in [6, 6.07) is 5.75. The first-order chi connectivity index (χ1) is 11.4. The van der Waals surface area contributed by atoms with Crippen LogP contribution in [0.4, 0.5) is 17.5 Å². The van der Waals surface area contributed by atoms with Gasteiger partial charge in [-0.25, -0.2) is 4.98 Å². The Bertz CT molecular complexity index is 804. The summed E-state index contributed by atoms with van der Waals surface area (Å²) < 4.78 is 5.44. The van der Waals surface area contributed by atoms with Crippen LogP contribution in [0.3, 0.4) is 0 Å². The highest BCUT2D eigenvalue weighted by Crippen LogP contribution is 2.26. The largest absolute Gasteiger partial charge is 0.378 e. The number of hydrogen-bond donors (Lipinski definition) is 1. The fourth-order valence-electron chi connectivity index (χ4n) is 2.60. The van der Waals surface area contributed by atoms with Gasteiger partial charge < -0.3 is 15.0 Å². The quantitative estimate of drug-likeness (QED) is 0.793. The fraction of sp³-hybridized carbons (Fsp3) is 0.250. The molecule has 0 spiro atoms. The number of anilines is 3. The molecule has 7 heteroatoms. The summed E-state index contributed by atoms with van der Waals surface area (Å²) in [6.45, 7) is 3.06. The maximum atomic E-state index is 5.44. The van der Waals surface area contributed by atoms with E-state index in [0.717, 1.165) is 35.5 Å². The van der Waals surface area contributed by atoms with Crippen molar-refractivity contribution in [3.8, 4) is 0 Å². The monoisotopic (exact) mass is 308 g/mol. The molecule has 1 fully saturated rings.